The van der Waals surface area contributed by atoms with E-state index >= 15 is 0 Å². The molecule has 3 heterocycles. The van der Waals surface area contributed by atoms with Gasteiger partial charge in [0.05, 0.1) is 19.2 Å². The van der Waals surface area contributed by atoms with Gasteiger partial charge in [0.15, 0.2) is 11.8 Å². The van der Waals surface area contributed by atoms with E-state index in [1.165, 1.54) is 0 Å². The minimum Gasteiger partial charge on any atom is -0.460 e. The normalized spacial score (nSPS) is 29.2. The van der Waals surface area contributed by atoms with Crippen molar-refractivity contribution < 1.29 is 48.1 Å². The van der Waals surface area contributed by atoms with Crippen LogP contribution in [0.25, 0.3) is 0 Å². The third-order valence-electron chi connectivity index (χ3n) is 10.3. The third kappa shape index (κ3) is 7.02. The summed E-state index contributed by atoms with van der Waals surface area (Å²) in [6, 6.07) is 14.1. The van der Waals surface area contributed by atoms with Gasteiger partial charge in [-0.15, -0.1) is 0 Å². The number of carbonyl (C=O) groups excluding carboxylic acids is 4. The number of fused-ring (bicyclic) bond motifs is 5. The Balaban J connectivity index is 1.07. The second-order valence-corrected chi connectivity index (χ2v) is 16.3. The van der Waals surface area contributed by atoms with E-state index < -0.39 is 77.1 Å². The highest BCUT2D eigenvalue weighted by molar-refractivity contribution is 14.1. The summed E-state index contributed by atoms with van der Waals surface area (Å²) in [5, 5.41) is 17.0. The van der Waals surface area contributed by atoms with E-state index in [-0.39, 0.29) is 45.4 Å². The van der Waals surface area contributed by atoms with Crippen molar-refractivity contribution in [1.82, 2.24) is 15.7 Å². The zero-order chi connectivity index (χ0) is 36.1. The molecule has 4 fully saturated rings. The number of aliphatic hydroxyl groups excluding tert-OH is 1. The summed E-state index contributed by atoms with van der Waals surface area (Å²) in [7, 11) is 0. The molecule has 3 aliphatic heterocycles. The minimum absolute atomic E-state index is 0.0297. The number of carbonyl (C=O) groups is 4. The third-order valence-corrected chi connectivity index (χ3v) is 11.4. The molecule has 2 aromatic carbocycles. The van der Waals surface area contributed by atoms with E-state index in [1.807, 2.05) is 36.4 Å². The number of benzene rings is 2. The van der Waals surface area contributed by atoms with Crippen molar-refractivity contribution in [2.45, 2.75) is 114 Å². The first kappa shape index (κ1) is 36.2. The molecule has 2 amide bonds. The maximum absolute atomic E-state index is 14.5. The van der Waals surface area contributed by atoms with Crippen molar-refractivity contribution in [3.63, 3.8) is 0 Å². The van der Waals surface area contributed by atoms with Crippen LogP contribution in [-0.4, -0.2) is 95.0 Å². The summed E-state index contributed by atoms with van der Waals surface area (Å²) in [6.45, 7) is 5.15. The molecule has 2 aliphatic carbocycles. The van der Waals surface area contributed by atoms with Gasteiger partial charge in [-0.2, -0.15) is 5.06 Å². The van der Waals surface area contributed by atoms with Crippen LogP contribution in [0.15, 0.2) is 48.5 Å². The van der Waals surface area contributed by atoms with Crippen LogP contribution in [0.3, 0.4) is 0 Å². The Bertz CT molecular complexity index is 1670. The molecule has 7 unspecified atom stereocenters. The van der Waals surface area contributed by atoms with Gasteiger partial charge >= 0.3 is 11.9 Å². The molecule has 274 valence electrons. The molecular formula is C37H44IN3O10. The summed E-state index contributed by atoms with van der Waals surface area (Å²) in [6.07, 6.45) is -1.56. The minimum atomic E-state index is -1.38. The number of rotatable bonds is 11. The van der Waals surface area contributed by atoms with Crippen molar-refractivity contribution in [3.05, 3.63) is 68.8 Å². The van der Waals surface area contributed by atoms with Gasteiger partial charge in [-0.3, -0.25) is 24.0 Å². The van der Waals surface area contributed by atoms with Crippen LogP contribution in [0, 0.1) is 8.99 Å². The Labute approximate surface area is 310 Å². The van der Waals surface area contributed by atoms with Crippen molar-refractivity contribution in [3.8, 4) is 0 Å². The van der Waals surface area contributed by atoms with Gasteiger partial charge in [-0.1, -0.05) is 42.5 Å². The fourth-order valence-electron chi connectivity index (χ4n) is 8.20. The molecule has 3 N–H and O–H groups in total. The van der Waals surface area contributed by atoms with Gasteiger partial charge in [-0.25, -0.2) is 0 Å². The number of nitrogens with zero attached hydrogens (tertiary/aromatic N) is 1. The monoisotopic (exact) mass is 817 g/mol. The molecule has 3 saturated heterocycles. The number of esters is 2. The van der Waals surface area contributed by atoms with Crippen LogP contribution in [0.4, 0.5) is 0 Å². The lowest BCUT2D eigenvalue weighted by molar-refractivity contribution is -0.217. The lowest BCUT2D eigenvalue weighted by Crippen LogP contribution is -2.69. The van der Waals surface area contributed by atoms with Gasteiger partial charge in [-0.05, 0) is 72.5 Å². The molecule has 5 aliphatic rings. The van der Waals surface area contributed by atoms with E-state index in [0.717, 1.165) is 20.3 Å². The topological polar surface area (TPSA) is 162 Å². The summed E-state index contributed by atoms with van der Waals surface area (Å²) >= 11 is 2.24. The first-order valence-electron chi connectivity index (χ1n) is 17.5. The van der Waals surface area contributed by atoms with Crippen LogP contribution in [-0.2, 0) is 62.3 Å². The Morgan fingerprint density at radius 2 is 1.73 bits per heavy atom. The number of hydroxylamine groups is 2. The SMILES string of the molecule is CC(C)(C)OC(=O)CCC(CO)NC(=O)CCNC(=O)C12CC3OC(=O)C1N(Cc1ccccc1I)OC2C1OC2(Cc4ccccc4C2)OC31. The van der Waals surface area contributed by atoms with E-state index in [4.69, 9.17) is 23.8 Å². The Kier molecular flexibility index (Phi) is 9.95. The average molecular weight is 818 g/mol. The highest BCUT2D eigenvalue weighted by Crippen LogP contribution is 2.58. The molecule has 1 saturated carbocycles. The lowest BCUT2D eigenvalue weighted by atomic mass is 9.62. The number of halogens is 1. The maximum Gasteiger partial charge on any atom is 0.327 e. The quantitative estimate of drug-likeness (QED) is 0.226. The van der Waals surface area contributed by atoms with Gasteiger partial charge in [0.2, 0.25) is 11.8 Å². The van der Waals surface area contributed by atoms with Crippen LogP contribution in [0.2, 0.25) is 0 Å². The largest absolute Gasteiger partial charge is 0.460 e. The average Bonchev–Trinajstić information content (AvgIpc) is 3.74. The van der Waals surface area contributed by atoms with Crippen LogP contribution in [0.5, 0.6) is 0 Å². The number of hydrogen-bond donors (Lipinski definition) is 3. The van der Waals surface area contributed by atoms with E-state index in [1.54, 1.807) is 25.8 Å². The highest BCUT2D eigenvalue weighted by Gasteiger charge is 2.76. The Morgan fingerprint density at radius 3 is 2.41 bits per heavy atom. The smallest absolute Gasteiger partial charge is 0.327 e. The molecule has 7 rings (SSSR count). The standard InChI is InChI=1S/C37H44IN3O10/c1-35(2,3)48-28(44)13-12-24(20-42)40-27(43)14-15-39-34(46)37-18-26-29-30(50-36(49-29)16-21-8-4-5-9-22(21)17-36)32(37)51-41(31(37)33(45)47-26)19-23-10-6-7-11-25(23)38/h4-11,24,26,29-32,42H,12-20H2,1-3H3,(H,39,46)(H,40,43). The first-order chi connectivity index (χ1) is 24.3. The van der Waals surface area contributed by atoms with Gasteiger partial charge < -0.3 is 34.7 Å². The number of ether oxygens (including phenoxy) is 4. The summed E-state index contributed by atoms with van der Waals surface area (Å²) < 4.78 is 25.8. The van der Waals surface area contributed by atoms with E-state index in [0.29, 0.717) is 12.8 Å². The fraction of sp³-hybridized carbons (Fsp3) is 0.568. The Morgan fingerprint density at radius 1 is 1.04 bits per heavy atom. The van der Waals surface area contributed by atoms with E-state index in [2.05, 4.69) is 45.4 Å². The van der Waals surface area contributed by atoms with Crippen molar-refractivity contribution in [2.24, 2.45) is 5.41 Å². The van der Waals surface area contributed by atoms with Gasteiger partial charge in [0, 0.05) is 42.2 Å². The van der Waals surface area contributed by atoms with Crippen molar-refractivity contribution >= 4 is 46.3 Å². The lowest BCUT2D eigenvalue weighted by Gasteiger charge is -2.48. The zero-order valence-electron chi connectivity index (χ0n) is 28.9. The van der Waals surface area contributed by atoms with Crippen LogP contribution in [0.1, 0.15) is 63.1 Å². The van der Waals surface area contributed by atoms with Gasteiger partial charge in [0.1, 0.15) is 35.4 Å². The van der Waals surface area contributed by atoms with E-state index in [9.17, 15) is 24.3 Å². The van der Waals surface area contributed by atoms with Gasteiger partial charge in [0.25, 0.3) is 0 Å². The molecule has 14 heteroatoms. The molecule has 0 aromatic heterocycles. The number of aliphatic hydroxyl groups is 1. The summed E-state index contributed by atoms with van der Waals surface area (Å²) in [5.74, 6) is -2.80. The summed E-state index contributed by atoms with van der Waals surface area (Å²) in [5.41, 5.74) is 1.16. The second-order valence-electron chi connectivity index (χ2n) is 15.1. The highest BCUT2D eigenvalue weighted by atomic mass is 127. The zero-order valence-corrected chi connectivity index (χ0v) is 31.1. The summed E-state index contributed by atoms with van der Waals surface area (Å²) in [4.78, 5) is 60.1. The molecule has 2 aromatic rings. The predicted octanol–water partition coefficient (Wildman–Crippen LogP) is 2.48. The molecule has 0 radical (unpaired) electrons. The van der Waals surface area contributed by atoms with Crippen LogP contribution >= 0.6 is 22.6 Å². The first-order valence-corrected chi connectivity index (χ1v) is 18.6. The fourth-order valence-corrected chi connectivity index (χ4v) is 8.76. The molecule has 7 atom stereocenters. The number of hydrogen-bond acceptors (Lipinski definition) is 11. The predicted molar refractivity (Wildman–Crippen MR) is 188 cm³/mol. The molecule has 51 heavy (non-hydrogen) atoms. The van der Waals surface area contributed by atoms with Crippen molar-refractivity contribution in [2.75, 3.05) is 13.2 Å². The van der Waals surface area contributed by atoms with Crippen LogP contribution < -0.4 is 10.6 Å². The molecular weight excluding hydrogens is 773 g/mol. The molecule has 1 spiro atoms. The molecule has 13 nitrogen and oxygen atoms in total. The Hall–Kier alpha value is -3.15. The second kappa shape index (κ2) is 14.0. The van der Waals surface area contributed by atoms with Crippen molar-refractivity contribution in [1.29, 1.82) is 0 Å². The number of amides is 2. The molecule has 2 bridgehead atoms. The maximum atomic E-state index is 14.5. The number of nitrogens with one attached hydrogen (secondary N) is 2.